The highest BCUT2D eigenvalue weighted by Crippen LogP contribution is 2.30. The van der Waals surface area contributed by atoms with Crippen molar-refractivity contribution >= 4 is 22.7 Å². The molecule has 0 atom stereocenters. The van der Waals surface area contributed by atoms with Gasteiger partial charge in [0.2, 0.25) is 5.16 Å². The molecule has 2 aromatic carbocycles. The van der Waals surface area contributed by atoms with Crippen LogP contribution in [0.2, 0.25) is 0 Å². The van der Waals surface area contributed by atoms with E-state index in [0.717, 1.165) is 27.7 Å². The number of benzene rings is 2. The number of nitrogens with zero attached hydrogens (tertiary/aromatic N) is 5. The van der Waals surface area contributed by atoms with E-state index in [0.29, 0.717) is 16.1 Å². The molecule has 3 aromatic heterocycles. The van der Waals surface area contributed by atoms with Crippen molar-refractivity contribution in [1.82, 2.24) is 30.1 Å². The number of hydrogen-bond donors (Lipinski definition) is 1. The van der Waals surface area contributed by atoms with E-state index < -0.39 is 0 Å². The SMILES string of the molecule is c1ccc(-c2nc(Sc3n[nH]c(-c4ccncc4)n3)nc3ccccc23)cc1. The summed E-state index contributed by atoms with van der Waals surface area (Å²) in [4.78, 5) is 18.1. The van der Waals surface area contributed by atoms with Gasteiger partial charge in [0.1, 0.15) is 0 Å². The number of rotatable bonds is 4. The van der Waals surface area contributed by atoms with Crippen LogP contribution in [0, 0.1) is 0 Å². The Morgan fingerprint density at radius 3 is 2.32 bits per heavy atom. The van der Waals surface area contributed by atoms with Crippen molar-refractivity contribution in [1.29, 1.82) is 0 Å². The maximum Gasteiger partial charge on any atom is 0.216 e. The van der Waals surface area contributed by atoms with E-state index in [1.54, 1.807) is 12.4 Å². The summed E-state index contributed by atoms with van der Waals surface area (Å²) in [6, 6.07) is 21.9. The minimum atomic E-state index is 0.570. The van der Waals surface area contributed by atoms with Gasteiger partial charge in [-0.3, -0.25) is 10.1 Å². The Morgan fingerprint density at radius 1 is 0.679 bits per heavy atom. The molecule has 5 aromatic rings. The number of hydrogen-bond acceptors (Lipinski definition) is 6. The third-order valence-corrected chi connectivity index (χ3v) is 4.96. The van der Waals surface area contributed by atoms with Crippen LogP contribution in [0.25, 0.3) is 33.5 Å². The van der Waals surface area contributed by atoms with Crippen molar-refractivity contribution < 1.29 is 0 Å². The van der Waals surface area contributed by atoms with E-state index in [-0.39, 0.29) is 0 Å². The predicted octanol–water partition coefficient (Wildman–Crippen LogP) is 4.63. The first-order valence-corrected chi connectivity index (χ1v) is 9.51. The highest BCUT2D eigenvalue weighted by Gasteiger charge is 2.13. The van der Waals surface area contributed by atoms with E-state index in [9.17, 15) is 0 Å². The topological polar surface area (TPSA) is 80.2 Å². The Kier molecular flexibility index (Phi) is 4.27. The summed E-state index contributed by atoms with van der Waals surface area (Å²) in [6.07, 6.45) is 3.45. The fourth-order valence-corrected chi connectivity index (χ4v) is 3.60. The molecule has 0 unspecified atom stereocenters. The second-order valence-electron chi connectivity index (χ2n) is 6.04. The maximum absolute atomic E-state index is 4.80. The van der Waals surface area contributed by atoms with Crippen LogP contribution in [0.5, 0.6) is 0 Å². The molecule has 0 aliphatic heterocycles. The van der Waals surface area contributed by atoms with E-state index in [1.165, 1.54) is 11.8 Å². The minimum absolute atomic E-state index is 0.570. The zero-order valence-corrected chi connectivity index (χ0v) is 15.5. The molecule has 0 aliphatic carbocycles. The second-order valence-corrected chi connectivity index (χ2v) is 6.98. The lowest BCUT2D eigenvalue weighted by Crippen LogP contribution is -1.94. The van der Waals surface area contributed by atoms with Crippen LogP contribution in [0.1, 0.15) is 0 Å². The molecule has 0 amide bonds. The molecule has 3 heterocycles. The van der Waals surface area contributed by atoms with Gasteiger partial charge in [-0.05, 0) is 30.0 Å². The highest BCUT2D eigenvalue weighted by atomic mass is 32.2. The van der Waals surface area contributed by atoms with Crippen LogP contribution in [0.15, 0.2) is 89.4 Å². The van der Waals surface area contributed by atoms with Crippen molar-refractivity contribution in [3.63, 3.8) is 0 Å². The molecule has 0 aliphatic rings. The average Bonchev–Trinajstić information content (AvgIpc) is 3.23. The zero-order chi connectivity index (χ0) is 18.8. The van der Waals surface area contributed by atoms with Crippen LogP contribution in [0.3, 0.4) is 0 Å². The van der Waals surface area contributed by atoms with E-state index >= 15 is 0 Å². The molecule has 0 radical (unpaired) electrons. The third-order valence-electron chi connectivity index (χ3n) is 4.23. The number of H-pyrrole nitrogens is 1. The number of aromatic amines is 1. The summed E-state index contributed by atoms with van der Waals surface area (Å²) in [7, 11) is 0. The van der Waals surface area contributed by atoms with Gasteiger partial charge in [-0.15, -0.1) is 5.10 Å². The van der Waals surface area contributed by atoms with Gasteiger partial charge in [0.15, 0.2) is 11.0 Å². The van der Waals surface area contributed by atoms with Gasteiger partial charge >= 0.3 is 0 Å². The molecule has 0 spiro atoms. The lowest BCUT2D eigenvalue weighted by molar-refractivity contribution is 0.949. The first-order valence-electron chi connectivity index (χ1n) is 8.70. The van der Waals surface area contributed by atoms with Crippen molar-refractivity contribution in [2.45, 2.75) is 10.3 Å². The average molecular weight is 382 g/mol. The number of para-hydroxylation sites is 1. The molecule has 0 bridgehead atoms. The summed E-state index contributed by atoms with van der Waals surface area (Å²) in [5.74, 6) is 0.689. The summed E-state index contributed by atoms with van der Waals surface area (Å²) in [5.41, 5.74) is 3.77. The molecule has 0 saturated heterocycles. The molecule has 7 heteroatoms. The quantitative estimate of drug-likeness (QED) is 0.457. The first kappa shape index (κ1) is 16.6. The fourth-order valence-electron chi connectivity index (χ4n) is 2.93. The van der Waals surface area contributed by atoms with Crippen molar-refractivity contribution in [2.24, 2.45) is 0 Å². The van der Waals surface area contributed by atoms with Crippen LogP contribution in [0.4, 0.5) is 0 Å². The van der Waals surface area contributed by atoms with Crippen LogP contribution in [-0.4, -0.2) is 30.1 Å². The molecule has 134 valence electrons. The Bertz CT molecular complexity index is 1240. The largest absolute Gasteiger partial charge is 0.265 e. The van der Waals surface area contributed by atoms with Gasteiger partial charge in [-0.1, -0.05) is 48.5 Å². The smallest absolute Gasteiger partial charge is 0.216 e. The van der Waals surface area contributed by atoms with Gasteiger partial charge in [-0.2, -0.15) is 0 Å². The lowest BCUT2D eigenvalue weighted by Gasteiger charge is -2.07. The molecular formula is C21H14N6S. The molecular weight excluding hydrogens is 368 g/mol. The van der Waals surface area contributed by atoms with Crippen molar-refractivity contribution in [3.05, 3.63) is 79.1 Å². The molecule has 1 N–H and O–H groups in total. The Labute approximate surface area is 165 Å². The molecule has 28 heavy (non-hydrogen) atoms. The number of nitrogens with one attached hydrogen (secondary N) is 1. The zero-order valence-electron chi connectivity index (χ0n) is 14.6. The van der Waals surface area contributed by atoms with Crippen LogP contribution in [-0.2, 0) is 0 Å². The predicted molar refractivity (Wildman–Crippen MR) is 109 cm³/mol. The summed E-state index contributed by atoms with van der Waals surface area (Å²) >= 11 is 1.34. The summed E-state index contributed by atoms with van der Waals surface area (Å²) in [5, 5.41) is 9.46. The summed E-state index contributed by atoms with van der Waals surface area (Å²) < 4.78 is 0. The standard InChI is InChI=1S/C21H14N6S/c1-2-6-14(7-3-1)18-16-8-4-5-9-17(16)23-20(24-18)28-21-25-19(26-27-21)15-10-12-22-13-11-15/h1-13H,(H,25,26,27). The second kappa shape index (κ2) is 7.21. The normalized spacial score (nSPS) is 11.0. The number of aromatic nitrogens is 6. The number of pyridine rings is 1. The molecule has 6 nitrogen and oxygen atoms in total. The maximum atomic E-state index is 4.80. The van der Waals surface area contributed by atoms with Gasteiger partial charge in [0, 0.05) is 28.9 Å². The molecule has 0 saturated carbocycles. The first-order chi connectivity index (χ1) is 13.9. The van der Waals surface area contributed by atoms with E-state index in [2.05, 4.69) is 37.3 Å². The van der Waals surface area contributed by atoms with Crippen LogP contribution >= 0.6 is 11.8 Å². The van der Waals surface area contributed by atoms with Crippen molar-refractivity contribution in [3.8, 4) is 22.6 Å². The van der Waals surface area contributed by atoms with E-state index in [1.807, 2.05) is 54.6 Å². The highest BCUT2D eigenvalue weighted by molar-refractivity contribution is 7.99. The van der Waals surface area contributed by atoms with Gasteiger partial charge in [0.05, 0.1) is 11.2 Å². The Morgan fingerprint density at radius 2 is 1.46 bits per heavy atom. The van der Waals surface area contributed by atoms with Gasteiger partial charge in [0.25, 0.3) is 0 Å². The third kappa shape index (κ3) is 3.23. The van der Waals surface area contributed by atoms with Crippen molar-refractivity contribution in [2.75, 3.05) is 0 Å². The monoisotopic (exact) mass is 382 g/mol. The lowest BCUT2D eigenvalue weighted by atomic mass is 10.1. The van der Waals surface area contributed by atoms with Gasteiger partial charge in [-0.25, -0.2) is 15.0 Å². The van der Waals surface area contributed by atoms with E-state index in [4.69, 9.17) is 4.98 Å². The van der Waals surface area contributed by atoms with Crippen LogP contribution < -0.4 is 0 Å². The fraction of sp³-hybridized carbons (Fsp3) is 0. The minimum Gasteiger partial charge on any atom is -0.265 e. The summed E-state index contributed by atoms with van der Waals surface area (Å²) in [6.45, 7) is 0. The molecule has 0 fully saturated rings. The number of fused-ring (bicyclic) bond motifs is 1. The Hall–Kier alpha value is -3.58. The Balaban J connectivity index is 1.54. The molecule has 5 rings (SSSR count). The van der Waals surface area contributed by atoms with Gasteiger partial charge < -0.3 is 0 Å².